The van der Waals surface area contributed by atoms with Crippen LogP contribution in [0.15, 0.2) is 72.1 Å². The molecule has 116 valence electrons. The molecule has 2 aromatic carbocycles. The van der Waals surface area contributed by atoms with Crippen molar-refractivity contribution in [3.05, 3.63) is 72.6 Å². The summed E-state index contributed by atoms with van der Waals surface area (Å²) in [4.78, 5) is 0. The van der Waals surface area contributed by atoms with Crippen LogP contribution in [0.25, 0.3) is 5.69 Å². The Morgan fingerprint density at radius 2 is 1.57 bits per heavy atom. The van der Waals surface area contributed by atoms with E-state index >= 15 is 0 Å². The minimum Gasteiger partial charge on any atom is -0.335 e. The molecule has 0 radical (unpaired) electrons. The van der Waals surface area contributed by atoms with Crippen molar-refractivity contribution in [1.29, 1.82) is 0 Å². The fraction of sp³-hybridized carbons (Fsp3) is 0.176. The van der Waals surface area contributed by atoms with Gasteiger partial charge in [-0.3, -0.25) is 4.57 Å². The first-order valence-corrected chi connectivity index (χ1v) is 8.17. The maximum absolute atomic E-state index is 5.95. The van der Waals surface area contributed by atoms with Gasteiger partial charge in [0.25, 0.3) is 5.12 Å². The zero-order valence-corrected chi connectivity index (χ0v) is 13.1. The number of hydrogen-bond acceptors (Lipinski definition) is 5. The first kappa shape index (κ1) is 14.4. The third-order valence-corrected chi connectivity index (χ3v) is 4.77. The van der Waals surface area contributed by atoms with Gasteiger partial charge in [-0.2, -0.15) is 0 Å². The molecule has 23 heavy (non-hydrogen) atoms. The van der Waals surface area contributed by atoms with Gasteiger partial charge in [0, 0.05) is 11.3 Å². The molecule has 1 aliphatic heterocycles. The summed E-state index contributed by atoms with van der Waals surface area (Å²) in [5.74, 6) is 0. The zero-order valence-electron chi connectivity index (χ0n) is 12.3. The van der Waals surface area contributed by atoms with Crippen LogP contribution < -0.4 is 0 Å². The molecule has 0 aliphatic carbocycles. The summed E-state index contributed by atoms with van der Waals surface area (Å²) in [6.45, 7) is 1.11. The Morgan fingerprint density at radius 3 is 2.26 bits per heavy atom. The van der Waals surface area contributed by atoms with Gasteiger partial charge in [-0.1, -0.05) is 48.5 Å². The van der Waals surface area contributed by atoms with Crippen LogP contribution in [0.4, 0.5) is 0 Å². The summed E-state index contributed by atoms with van der Waals surface area (Å²) in [6, 6.07) is 19.9. The fourth-order valence-electron chi connectivity index (χ4n) is 2.50. The Labute approximate surface area is 138 Å². The van der Waals surface area contributed by atoms with Gasteiger partial charge in [-0.05, 0) is 23.9 Å². The molecule has 1 saturated heterocycles. The minimum atomic E-state index is -0.874. The molecule has 3 aromatic rings. The lowest BCUT2D eigenvalue weighted by atomic mass is 10.2. The lowest BCUT2D eigenvalue weighted by Gasteiger charge is -2.26. The van der Waals surface area contributed by atoms with Crippen molar-refractivity contribution in [3.8, 4) is 5.69 Å². The standard InChI is InChI=1S/C17H15N3O2S/c1-3-7-14(8-4-1)17(21-11-12-22-17)23-16-19-18-13-20(16)15-9-5-2-6-10-15/h1-10,13H,11-12H2. The van der Waals surface area contributed by atoms with Crippen molar-refractivity contribution in [2.45, 2.75) is 10.3 Å². The van der Waals surface area contributed by atoms with Gasteiger partial charge in [-0.25, -0.2) is 0 Å². The number of nitrogens with zero attached hydrogens (tertiary/aromatic N) is 3. The summed E-state index contributed by atoms with van der Waals surface area (Å²) in [6.07, 6.45) is 1.70. The molecule has 0 N–H and O–H groups in total. The highest BCUT2D eigenvalue weighted by Crippen LogP contribution is 2.45. The first-order valence-electron chi connectivity index (χ1n) is 7.35. The Balaban J connectivity index is 1.71. The number of rotatable bonds is 4. The van der Waals surface area contributed by atoms with Crippen LogP contribution in [-0.4, -0.2) is 28.0 Å². The first-order chi connectivity index (χ1) is 11.4. The second-order valence-corrected chi connectivity index (χ2v) is 6.15. The fourth-order valence-corrected chi connectivity index (χ4v) is 3.62. The Hall–Kier alpha value is -2.15. The van der Waals surface area contributed by atoms with Crippen LogP contribution in [0.1, 0.15) is 5.56 Å². The lowest BCUT2D eigenvalue weighted by Crippen LogP contribution is -2.23. The number of thioether (sulfide) groups is 1. The number of para-hydroxylation sites is 1. The molecule has 0 saturated carbocycles. The average Bonchev–Trinajstić information content (AvgIpc) is 3.27. The van der Waals surface area contributed by atoms with Crippen molar-refractivity contribution in [1.82, 2.24) is 14.8 Å². The van der Waals surface area contributed by atoms with Gasteiger partial charge in [0.05, 0.1) is 13.2 Å². The summed E-state index contributed by atoms with van der Waals surface area (Å²) >= 11 is 1.42. The van der Waals surface area contributed by atoms with E-state index in [-0.39, 0.29) is 0 Å². The van der Waals surface area contributed by atoms with Crippen LogP contribution in [0.2, 0.25) is 0 Å². The van der Waals surface area contributed by atoms with E-state index in [1.54, 1.807) is 6.33 Å². The van der Waals surface area contributed by atoms with E-state index in [0.29, 0.717) is 13.2 Å². The third-order valence-electron chi connectivity index (χ3n) is 3.57. The molecule has 1 aromatic heterocycles. The minimum absolute atomic E-state index is 0.557. The van der Waals surface area contributed by atoms with Crippen molar-refractivity contribution in [2.24, 2.45) is 0 Å². The second kappa shape index (κ2) is 6.16. The number of ether oxygens (including phenoxy) is 2. The highest BCUT2D eigenvalue weighted by molar-refractivity contribution is 7.99. The van der Waals surface area contributed by atoms with E-state index in [1.807, 2.05) is 65.2 Å². The Kier molecular flexibility index (Phi) is 3.87. The van der Waals surface area contributed by atoms with Crippen LogP contribution in [0.3, 0.4) is 0 Å². The SMILES string of the molecule is c1ccc(-n2cnnc2SC2(c3ccccc3)OCCO2)cc1. The normalized spacial score (nSPS) is 16.5. The monoisotopic (exact) mass is 325 g/mol. The highest BCUT2D eigenvalue weighted by Gasteiger charge is 2.41. The van der Waals surface area contributed by atoms with E-state index in [9.17, 15) is 0 Å². The molecule has 2 heterocycles. The van der Waals surface area contributed by atoms with Crippen LogP contribution in [0.5, 0.6) is 0 Å². The third kappa shape index (κ3) is 2.76. The van der Waals surface area contributed by atoms with E-state index in [4.69, 9.17) is 9.47 Å². The van der Waals surface area contributed by atoms with Gasteiger partial charge in [0.2, 0.25) is 5.16 Å². The molecule has 6 heteroatoms. The van der Waals surface area contributed by atoms with Crippen molar-refractivity contribution in [2.75, 3.05) is 13.2 Å². The van der Waals surface area contributed by atoms with Crippen LogP contribution >= 0.6 is 11.8 Å². The molecule has 0 bridgehead atoms. The van der Waals surface area contributed by atoms with Gasteiger partial charge in [0.15, 0.2) is 0 Å². The predicted octanol–water partition coefficient (Wildman–Crippen LogP) is 3.22. The molecular weight excluding hydrogens is 310 g/mol. The van der Waals surface area contributed by atoms with Crippen LogP contribution in [0, 0.1) is 0 Å². The molecule has 5 nitrogen and oxygen atoms in total. The van der Waals surface area contributed by atoms with E-state index < -0.39 is 5.12 Å². The summed E-state index contributed by atoms with van der Waals surface area (Å²) < 4.78 is 13.8. The second-order valence-electron chi connectivity index (χ2n) is 5.04. The van der Waals surface area contributed by atoms with Gasteiger partial charge in [0.1, 0.15) is 6.33 Å². The smallest absolute Gasteiger partial charge is 0.253 e. The zero-order chi connectivity index (χ0) is 15.5. The van der Waals surface area contributed by atoms with Crippen molar-refractivity contribution < 1.29 is 9.47 Å². The molecule has 1 fully saturated rings. The maximum atomic E-state index is 5.95. The molecule has 0 atom stereocenters. The summed E-state index contributed by atoms with van der Waals surface area (Å²) in [5.41, 5.74) is 1.96. The Bertz CT molecular complexity index is 771. The number of hydrogen-bond donors (Lipinski definition) is 0. The molecular formula is C17H15N3O2S. The quantitative estimate of drug-likeness (QED) is 0.737. The van der Waals surface area contributed by atoms with Gasteiger partial charge >= 0.3 is 0 Å². The van der Waals surface area contributed by atoms with Crippen molar-refractivity contribution >= 4 is 11.8 Å². The number of benzene rings is 2. The molecule has 0 spiro atoms. The topological polar surface area (TPSA) is 49.2 Å². The average molecular weight is 325 g/mol. The summed E-state index contributed by atoms with van der Waals surface area (Å²) in [7, 11) is 0. The van der Waals surface area contributed by atoms with Gasteiger partial charge in [-0.15, -0.1) is 10.2 Å². The predicted molar refractivity (Wildman–Crippen MR) is 87.2 cm³/mol. The largest absolute Gasteiger partial charge is 0.335 e. The highest BCUT2D eigenvalue weighted by atomic mass is 32.2. The lowest BCUT2D eigenvalue weighted by molar-refractivity contribution is -0.0818. The van der Waals surface area contributed by atoms with Gasteiger partial charge < -0.3 is 9.47 Å². The number of aromatic nitrogens is 3. The van der Waals surface area contributed by atoms with Crippen LogP contribution in [-0.2, 0) is 14.6 Å². The Morgan fingerprint density at radius 1 is 0.913 bits per heavy atom. The van der Waals surface area contributed by atoms with E-state index in [0.717, 1.165) is 16.4 Å². The molecule has 0 unspecified atom stereocenters. The molecule has 0 amide bonds. The van der Waals surface area contributed by atoms with Crippen molar-refractivity contribution in [3.63, 3.8) is 0 Å². The molecule has 1 aliphatic rings. The van der Waals surface area contributed by atoms with E-state index in [2.05, 4.69) is 10.2 Å². The van der Waals surface area contributed by atoms with E-state index in [1.165, 1.54) is 11.8 Å². The summed E-state index contributed by atoms with van der Waals surface area (Å²) in [5, 5.41) is 8.14. The molecule has 4 rings (SSSR count). The maximum Gasteiger partial charge on any atom is 0.253 e.